The first-order valence-corrected chi connectivity index (χ1v) is 8.09. The van der Waals surface area contributed by atoms with Gasteiger partial charge in [-0.1, -0.05) is 0 Å². The lowest BCUT2D eigenvalue weighted by Crippen LogP contribution is -2.43. The Bertz CT molecular complexity index is 460. The van der Waals surface area contributed by atoms with Gasteiger partial charge in [-0.2, -0.15) is 0 Å². The summed E-state index contributed by atoms with van der Waals surface area (Å²) in [6, 6.07) is 0. The molecule has 0 saturated heterocycles. The summed E-state index contributed by atoms with van der Waals surface area (Å²) in [4.78, 5) is 10.1. The minimum Gasteiger partial charge on any atom is -0.388 e. The van der Waals surface area contributed by atoms with Gasteiger partial charge in [0.05, 0.1) is 17.2 Å². The molecule has 0 radical (unpaired) electrons. The van der Waals surface area contributed by atoms with Gasteiger partial charge in [-0.25, -0.2) is 4.98 Å². The molecule has 1 aromatic heterocycles. The number of halogens is 1. The van der Waals surface area contributed by atoms with Crippen molar-refractivity contribution in [1.29, 1.82) is 0 Å². The molecule has 1 fully saturated rings. The summed E-state index contributed by atoms with van der Waals surface area (Å²) in [6.07, 6.45) is 5.65. The third kappa shape index (κ3) is 6.07. The summed E-state index contributed by atoms with van der Waals surface area (Å²) < 4.78 is 0. The monoisotopic (exact) mass is 424 g/mol. The molecular weight excluding hydrogens is 399 g/mol. The van der Waals surface area contributed by atoms with Crippen LogP contribution in [0, 0.1) is 6.92 Å². The SMILES string of the molecule is CCNC(=NCC1(O)CCC1)NCCc1ncc(C)s1.I. The normalized spacial score (nSPS) is 16.8. The van der Waals surface area contributed by atoms with Gasteiger partial charge in [0.25, 0.3) is 0 Å². The number of thiazole rings is 1. The minimum absolute atomic E-state index is 0. The molecule has 7 heteroatoms. The molecule has 5 nitrogen and oxygen atoms in total. The standard InChI is InChI=1S/C14H24N4OS.HI/c1-3-15-13(18-10-14(19)6-4-7-14)16-8-5-12-17-9-11(2)20-12;/h9,19H,3-8,10H2,1-2H3,(H2,15,16,18);1H. The first-order valence-electron chi connectivity index (χ1n) is 7.27. The van der Waals surface area contributed by atoms with Gasteiger partial charge in [0.1, 0.15) is 0 Å². The molecule has 0 bridgehead atoms. The maximum Gasteiger partial charge on any atom is 0.191 e. The predicted molar refractivity (Wildman–Crippen MR) is 98.8 cm³/mol. The molecule has 0 amide bonds. The molecular formula is C14H25IN4OS. The van der Waals surface area contributed by atoms with E-state index in [-0.39, 0.29) is 24.0 Å². The Balaban J connectivity index is 0.00000220. The Morgan fingerprint density at radius 1 is 1.48 bits per heavy atom. The lowest BCUT2D eigenvalue weighted by atomic mass is 9.80. The van der Waals surface area contributed by atoms with Crippen LogP contribution in [0.5, 0.6) is 0 Å². The number of aryl methyl sites for hydroxylation is 1. The summed E-state index contributed by atoms with van der Waals surface area (Å²) >= 11 is 1.73. The number of hydrogen-bond acceptors (Lipinski definition) is 4. The molecule has 0 unspecified atom stereocenters. The van der Waals surface area contributed by atoms with Crippen molar-refractivity contribution in [2.24, 2.45) is 4.99 Å². The number of aromatic nitrogens is 1. The predicted octanol–water partition coefficient (Wildman–Crippen LogP) is 2.08. The molecule has 1 heterocycles. The van der Waals surface area contributed by atoms with Crippen molar-refractivity contribution in [3.05, 3.63) is 16.1 Å². The fourth-order valence-corrected chi connectivity index (χ4v) is 2.90. The van der Waals surface area contributed by atoms with E-state index in [2.05, 4.69) is 27.5 Å². The molecule has 21 heavy (non-hydrogen) atoms. The van der Waals surface area contributed by atoms with Crippen LogP contribution in [0.15, 0.2) is 11.2 Å². The molecule has 0 spiro atoms. The van der Waals surface area contributed by atoms with Crippen LogP contribution in [0.4, 0.5) is 0 Å². The molecule has 3 N–H and O–H groups in total. The molecule has 1 aliphatic carbocycles. The average molecular weight is 424 g/mol. The number of hydrogen-bond donors (Lipinski definition) is 3. The van der Waals surface area contributed by atoms with E-state index >= 15 is 0 Å². The van der Waals surface area contributed by atoms with Crippen LogP contribution in [0.25, 0.3) is 0 Å². The Hall–Kier alpha value is -0.410. The largest absolute Gasteiger partial charge is 0.388 e. The van der Waals surface area contributed by atoms with Gasteiger partial charge >= 0.3 is 0 Å². The van der Waals surface area contributed by atoms with Crippen molar-refractivity contribution in [3.63, 3.8) is 0 Å². The van der Waals surface area contributed by atoms with Crippen LogP contribution in [0.1, 0.15) is 36.1 Å². The second-order valence-corrected chi connectivity index (χ2v) is 6.63. The number of nitrogens with zero attached hydrogens (tertiary/aromatic N) is 2. The molecule has 1 aliphatic rings. The highest BCUT2D eigenvalue weighted by Crippen LogP contribution is 2.31. The maximum absolute atomic E-state index is 10.1. The summed E-state index contributed by atoms with van der Waals surface area (Å²) in [5.41, 5.74) is -0.561. The number of rotatable bonds is 6. The van der Waals surface area contributed by atoms with E-state index in [0.29, 0.717) is 6.54 Å². The van der Waals surface area contributed by atoms with E-state index < -0.39 is 5.60 Å². The Labute approximate surface area is 147 Å². The topological polar surface area (TPSA) is 69.5 Å². The zero-order chi connectivity index (χ0) is 14.4. The van der Waals surface area contributed by atoms with E-state index in [4.69, 9.17) is 0 Å². The fourth-order valence-electron chi connectivity index (χ4n) is 2.12. The molecule has 0 aliphatic heterocycles. The first kappa shape index (κ1) is 18.6. The number of guanidine groups is 1. The van der Waals surface area contributed by atoms with Gasteiger partial charge in [0, 0.05) is 30.6 Å². The second kappa shape index (κ2) is 8.89. The van der Waals surface area contributed by atoms with Gasteiger partial charge in [-0.15, -0.1) is 35.3 Å². The van der Waals surface area contributed by atoms with Crippen LogP contribution in [0.3, 0.4) is 0 Å². The highest BCUT2D eigenvalue weighted by Gasteiger charge is 2.34. The minimum atomic E-state index is -0.561. The first-order chi connectivity index (χ1) is 9.61. The maximum atomic E-state index is 10.1. The number of aliphatic hydroxyl groups is 1. The smallest absolute Gasteiger partial charge is 0.191 e. The molecule has 0 atom stereocenters. The van der Waals surface area contributed by atoms with Crippen molar-refractivity contribution >= 4 is 41.3 Å². The third-order valence-corrected chi connectivity index (χ3v) is 4.43. The van der Waals surface area contributed by atoms with E-state index in [9.17, 15) is 5.11 Å². The van der Waals surface area contributed by atoms with Crippen LogP contribution < -0.4 is 10.6 Å². The summed E-state index contributed by atoms with van der Waals surface area (Å²) in [6.45, 7) is 6.22. The van der Waals surface area contributed by atoms with Crippen LogP contribution in [-0.2, 0) is 6.42 Å². The Morgan fingerprint density at radius 3 is 2.76 bits per heavy atom. The van der Waals surface area contributed by atoms with Gasteiger partial charge in [0.2, 0.25) is 0 Å². The van der Waals surface area contributed by atoms with Crippen LogP contribution in [0.2, 0.25) is 0 Å². The number of aliphatic imine (C=N–C) groups is 1. The fraction of sp³-hybridized carbons (Fsp3) is 0.714. The highest BCUT2D eigenvalue weighted by atomic mass is 127. The molecule has 2 rings (SSSR count). The van der Waals surface area contributed by atoms with Crippen molar-refractivity contribution < 1.29 is 5.11 Å². The summed E-state index contributed by atoms with van der Waals surface area (Å²) in [5, 5.41) is 17.7. The van der Waals surface area contributed by atoms with E-state index in [1.165, 1.54) is 4.88 Å². The molecule has 1 saturated carbocycles. The zero-order valence-corrected chi connectivity index (χ0v) is 15.8. The van der Waals surface area contributed by atoms with E-state index in [1.807, 2.05) is 13.1 Å². The van der Waals surface area contributed by atoms with Gasteiger partial charge in [-0.3, -0.25) is 4.99 Å². The lowest BCUT2D eigenvalue weighted by molar-refractivity contribution is -0.0236. The number of nitrogens with one attached hydrogen (secondary N) is 2. The third-order valence-electron chi connectivity index (χ3n) is 3.46. The van der Waals surface area contributed by atoms with Crippen molar-refractivity contribution in [2.75, 3.05) is 19.6 Å². The second-order valence-electron chi connectivity index (χ2n) is 5.31. The molecule has 0 aromatic carbocycles. The van der Waals surface area contributed by atoms with Crippen LogP contribution in [-0.4, -0.2) is 41.3 Å². The Morgan fingerprint density at radius 2 is 2.24 bits per heavy atom. The van der Waals surface area contributed by atoms with Gasteiger partial charge in [-0.05, 0) is 33.1 Å². The average Bonchev–Trinajstić information content (AvgIpc) is 2.79. The van der Waals surface area contributed by atoms with Crippen LogP contribution >= 0.6 is 35.3 Å². The van der Waals surface area contributed by atoms with Crippen molar-refractivity contribution in [1.82, 2.24) is 15.6 Å². The van der Waals surface area contributed by atoms with E-state index in [0.717, 1.165) is 49.7 Å². The quantitative estimate of drug-likeness (QED) is 0.372. The summed E-state index contributed by atoms with van der Waals surface area (Å²) in [7, 11) is 0. The van der Waals surface area contributed by atoms with Crippen molar-refractivity contribution in [2.45, 2.75) is 45.1 Å². The van der Waals surface area contributed by atoms with Crippen molar-refractivity contribution in [3.8, 4) is 0 Å². The highest BCUT2D eigenvalue weighted by molar-refractivity contribution is 14.0. The molecule has 1 aromatic rings. The van der Waals surface area contributed by atoms with Gasteiger partial charge < -0.3 is 15.7 Å². The van der Waals surface area contributed by atoms with E-state index in [1.54, 1.807) is 11.3 Å². The molecule has 120 valence electrons. The summed E-state index contributed by atoms with van der Waals surface area (Å²) in [5.74, 6) is 0.779. The zero-order valence-electron chi connectivity index (χ0n) is 12.7. The van der Waals surface area contributed by atoms with Gasteiger partial charge in [0.15, 0.2) is 5.96 Å². The Kier molecular flexibility index (Phi) is 7.89. The lowest BCUT2D eigenvalue weighted by Gasteiger charge is -2.35.